The van der Waals surface area contributed by atoms with E-state index >= 15 is 0 Å². The zero-order valence-corrected chi connectivity index (χ0v) is 14.0. The molecule has 3 rings (SSSR count). The van der Waals surface area contributed by atoms with Crippen molar-refractivity contribution in [1.82, 2.24) is 14.9 Å². The van der Waals surface area contributed by atoms with Crippen LogP contribution in [0.15, 0.2) is 36.7 Å². The molecule has 0 aliphatic carbocycles. The third kappa shape index (κ3) is 3.95. The SMILES string of the molecule is COCc1cc(-c2ccc(C(C)N3CCCCC3)cc2)ncn1. The number of likely N-dealkylation sites (tertiary alicyclic amines) is 1. The van der Waals surface area contributed by atoms with E-state index in [4.69, 9.17) is 4.74 Å². The molecule has 1 aliphatic rings. The Bertz CT molecular complexity index is 621. The predicted molar refractivity (Wildman–Crippen MR) is 92.0 cm³/mol. The van der Waals surface area contributed by atoms with Crippen LogP contribution in [0.25, 0.3) is 11.3 Å². The highest BCUT2D eigenvalue weighted by atomic mass is 16.5. The molecule has 0 saturated carbocycles. The van der Waals surface area contributed by atoms with E-state index in [1.165, 1.54) is 37.9 Å². The summed E-state index contributed by atoms with van der Waals surface area (Å²) in [6, 6.07) is 11.3. The summed E-state index contributed by atoms with van der Waals surface area (Å²) in [5, 5.41) is 0. The average molecular weight is 311 g/mol. The number of ether oxygens (including phenoxy) is 1. The van der Waals surface area contributed by atoms with Gasteiger partial charge in [0, 0.05) is 18.7 Å². The normalized spacial score (nSPS) is 17.1. The monoisotopic (exact) mass is 311 g/mol. The molecule has 1 saturated heterocycles. The Morgan fingerprint density at radius 2 is 1.83 bits per heavy atom. The molecule has 0 N–H and O–H groups in total. The van der Waals surface area contributed by atoms with Crippen LogP contribution in [0.3, 0.4) is 0 Å². The average Bonchev–Trinajstić information content (AvgIpc) is 2.62. The van der Waals surface area contributed by atoms with Gasteiger partial charge in [-0.25, -0.2) is 9.97 Å². The third-order valence-electron chi connectivity index (χ3n) is 4.64. The van der Waals surface area contributed by atoms with Gasteiger partial charge in [0.25, 0.3) is 0 Å². The summed E-state index contributed by atoms with van der Waals surface area (Å²) < 4.78 is 5.14. The van der Waals surface area contributed by atoms with Crippen molar-refractivity contribution in [3.8, 4) is 11.3 Å². The van der Waals surface area contributed by atoms with E-state index in [2.05, 4.69) is 46.1 Å². The highest BCUT2D eigenvalue weighted by molar-refractivity contribution is 5.59. The molecular formula is C19H25N3O. The van der Waals surface area contributed by atoms with Gasteiger partial charge in [-0.2, -0.15) is 0 Å². The molecule has 2 heterocycles. The van der Waals surface area contributed by atoms with Gasteiger partial charge in [-0.1, -0.05) is 30.7 Å². The molecule has 23 heavy (non-hydrogen) atoms. The summed E-state index contributed by atoms with van der Waals surface area (Å²) in [6.07, 6.45) is 5.63. The van der Waals surface area contributed by atoms with Crippen LogP contribution in [-0.4, -0.2) is 35.1 Å². The van der Waals surface area contributed by atoms with Crippen molar-refractivity contribution in [2.75, 3.05) is 20.2 Å². The van der Waals surface area contributed by atoms with Gasteiger partial charge in [-0.3, -0.25) is 4.90 Å². The van der Waals surface area contributed by atoms with Gasteiger partial charge in [-0.05, 0) is 44.5 Å². The van der Waals surface area contributed by atoms with Crippen LogP contribution >= 0.6 is 0 Å². The second kappa shape index (κ2) is 7.66. The summed E-state index contributed by atoms with van der Waals surface area (Å²) in [6.45, 7) is 5.26. The number of hydrogen-bond acceptors (Lipinski definition) is 4. The number of piperidine rings is 1. The van der Waals surface area contributed by atoms with E-state index in [1.54, 1.807) is 13.4 Å². The number of aromatic nitrogens is 2. The number of benzene rings is 1. The first-order valence-corrected chi connectivity index (χ1v) is 8.42. The minimum absolute atomic E-state index is 0.485. The fraction of sp³-hybridized carbons (Fsp3) is 0.474. The van der Waals surface area contributed by atoms with Crippen LogP contribution in [0.4, 0.5) is 0 Å². The minimum Gasteiger partial charge on any atom is -0.378 e. The van der Waals surface area contributed by atoms with Gasteiger partial charge in [-0.15, -0.1) is 0 Å². The maximum absolute atomic E-state index is 5.14. The molecule has 4 nitrogen and oxygen atoms in total. The fourth-order valence-corrected chi connectivity index (χ4v) is 3.23. The van der Waals surface area contributed by atoms with Crippen LogP contribution in [0.5, 0.6) is 0 Å². The van der Waals surface area contributed by atoms with Crippen LogP contribution in [0, 0.1) is 0 Å². The minimum atomic E-state index is 0.485. The number of rotatable bonds is 5. The maximum atomic E-state index is 5.14. The van der Waals surface area contributed by atoms with E-state index in [1.807, 2.05) is 6.07 Å². The first-order chi connectivity index (χ1) is 11.3. The van der Waals surface area contributed by atoms with E-state index in [0.29, 0.717) is 12.6 Å². The lowest BCUT2D eigenvalue weighted by molar-refractivity contribution is 0.175. The van der Waals surface area contributed by atoms with Gasteiger partial charge in [0.15, 0.2) is 0 Å². The summed E-state index contributed by atoms with van der Waals surface area (Å²) in [5.41, 5.74) is 4.36. The number of methoxy groups -OCH3 is 1. The molecule has 122 valence electrons. The fourth-order valence-electron chi connectivity index (χ4n) is 3.23. The Morgan fingerprint density at radius 1 is 1.09 bits per heavy atom. The zero-order valence-electron chi connectivity index (χ0n) is 14.0. The summed E-state index contributed by atoms with van der Waals surface area (Å²) in [7, 11) is 1.68. The van der Waals surface area contributed by atoms with Crippen molar-refractivity contribution in [3.05, 3.63) is 47.9 Å². The Kier molecular flexibility index (Phi) is 5.36. The first kappa shape index (κ1) is 16.1. The molecule has 1 atom stereocenters. The van der Waals surface area contributed by atoms with Crippen molar-refractivity contribution in [3.63, 3.8) is 0 Å². The van der Waals surface area contributed by atoms with Gasteiger partial charge in [0.1, 0.15) is 6.33 Å². The van der Waals surface area contributed by atoms with Gasteiger partial charge in [0.05, 0.1) is 18.0 Å². The van der Waals surface area contributed by atoms with E-state index < -0.39 is 0 Å². The summed E-state index contributed by atoms with van der Waals surface area (Å²) in [5.74, 6) is 0. The van der Waals surface area contributed by atoms with Crippen molar-refractivity contribution in [2.24, 2.45) is 0 Å². The quantitative estimate of drug-likeness (QED) is 0.841. The van der Waals surface area contributed by atoms with Crippen molar-refractivity contribution >= 4 is 0 Å². The smallest absolute Gasteiger partial charge is 0.116 e. The Morgan fingerprint density at radius 3 is 2.52 bits per heavy atom. The lowest BCUT2D eigenvalue weighted by atomic mass is 10.0. The van der Waals surface area contributed by atoms with Crippen LogP contribution in [0.2, 0.25) is 0 Å². The molecule has 1 aromatic carbocycles. The lowest BCUT2D eigenvalue weighted by Gasteiger charge is -2.32. The molecule has 0 bridgehead atoms. The van der Waals surface area contributed by atoms with Gasteiger partial charge >= 0.3 is 0 Å². The topological polar surface area (TPSA) is 38.2 Å². The van der Waals surface area contributed by atoms with Gasteiger partial charge < -0.3 is 4.74 Å². The molecule has 1 aliphatic heterocycles. The molecule has 0 radical (unpaired) electrons. The molecule has 2 aromatic rings. The number of nitrogens with zero attached hydrogens (tertiary/aromatic N) is 3. The van der Waals surface area contributed by atoms with Crippen LogP contribution in [-0.2, 0) is 11.3 Å². The van der Waals surface area contributed by atoms with Crippen LogP contribution in [0.1, 0.15) is 43.5 Å². The van der Waals surface area contributed by atoms with Crippen molar-refractivity contribution in [2.45, 2.75) is 38.8 Å². The highest BCUT2D eigenvalue weighted by Crippen LogP contribution is 2.26. The third-order valence-corrected chi connectivity index (χ3v) is 4.64. The molecule has 0 amide bonds. The standard InChI is InChI=1S/C19H25N3O/c1-15(22-10-4-3-5-11-22)16-6-8-17(9-7-16)19-12-18(13-23-2)20-14-21-19/h6-9,12,14-15H,3-5,10-11,13H2,1-2H3. The van der Waals surface area contributed by atoms with Crippen molar-refractivity contribution in [1.29, 1.82) is 0 Å². The molecule has 1 fully saturated rings. The molecular weight excluding hydrogens is 286 g/mol. The van der Waals surface area contributed by atoms with E-state index in [0.717, 1.165) is 17.0 Å². The van der Waals surface area contributed by atoms with Crippen molar-refractivity contribution < 1.29 is 4.74 Å². The molecule has 1 aromatic heterocycles. The highest BCUT2D eigenvalue weighted by Gasteiger charge is 2.18. The van der Waals surface area contributed by atoms with Gasteiger partial charge in [0.2, 0.25) is 0 Å². The number of hydrogen-bond donors (Lipinski definition) is 0. The second-order valence-electron chi connectivity index (χ2n) is 6.22. The summed E-state index contributed by atoms with van der Waals surface area (Å²) in [4.78, 5) is 11.2. The molecule has 1 unspecified atom stereocenters. The first-order valence-electron chi connectivity index (χ1n) is 8.42. The molecule has 0 spiro atoms. The Labute approximate surface area is 138 Å². The maximum Gasteiger partial charge on any atom is 0.116 e. The lowest BCUT2D eigenvalue weighted by Crippen LogP contribution is -2.32. The zero-order chi connectivity index (χ0) is 16.1. The largest absolute Gasteiger partial charge is 0.378 e. The van der Waals surface area contributed by atoms with E-state index in [-0.39, 0.29) is 0 Å². The molecule has 4 heteroatoms. The van der Waals surface area contributed by atoms with Crippen LogP contribution < -0.4 is 0 Å². The second-order valence-corrected chi connectivity index (χ2v) is 6.22. The predicted octanol–water partition coefficient (Wildman–Crippen LogP) is 3.84. The Hall–Kier alpha value is -1.78. The summed E-state index contributed by atoms with van der Waals surface area (Å²) >= 11 is 0. The Balaban J connectivity index is 1.74. The van der Waals surface area contributed by atoms with E-state index in [9.17, 15) is 0 Å².